The average Bonchev–Trinajstić information content (AvgIpc) is 1.94. The topological polar surface area (TPSA) is 75.6 Å². The molecule has 5 heteroatoms. The van der Waals surface area contributed by atoms with Crippen molar-refractivity contribution in [2.45, 2.75) is 52.2 Å². The molecule has 0 aliphatic heterocycles. The van der Waals surface area contributed by atoms with E-state index in [2.05, 4.69) is 5.32 Å². The van der Waals surface area contributed by atoms with Crippen LogP contribution in [0.25, 0.3) is 0 Å². The average molecular weight is 243 g/mol. The number of hydrogen-bond donors (Lipinski definition) is 2. The summed E-state index contributed by atoms with van der Waals surface area (Å²) in [5.74, 6) is -0.753. The van der Waals surface area contributed by atoms with E-state index in [1.807, 2.05) is 6.92 Å². The number of aliphatic carboxylic acids is 1. The van der Waals surface area contributed by atoms with Crippen molar-refractivity contribution in [1.82, 2.24) is 5.32 Å². The maximum atomic E-state index is 11.5. The largest absolute Gasteiger partial charge is 0.481 e. The predicted octanol–water partition coefficient (Wildman–Crippen LogP) is 2.01. The second-order valence-electron chi connectivity index (χ2n) is 5.70. The molecule has 1 unspecified atom stereocenters. The Balaban J connectivity index is 2.29. The molecule has 0 aromatic rings. The molecule has 1 aliphatic rings. The molecule has 1 rings (SSSR count). The van der Waals surface area contributed by atoms with E-state index < -0.39 is 17.7 Å². The van der Waals surface area contributed by atoms with Gasteiger partial charge in [0.15, 0.2) is 0 Å². The first-order chi connectivity index (χ1) is 7.69. The van der Waals surface area contributed by atoms with Crippen LogP contribution in [0, 0.1) is 11.8 Å². The number of alkyl carbamates (subject to hydrolysis) is 1. The Morgan fingerprint density at radius 3 is 2.29 bits per heavy atom. The van der Waals surface area contributed by atoms with E-state index in [4.69, 9.17) is 9.84 Å². The molecule has 17 heavy (non-hydrogen) atoms. The lowest BCUT2D eigenvalue weighted by atomic mass is 9.71. The van der Waals surface area contributed by atoms with Gasteiger partial charge in [0.25, 0.3) is 0 Å². The normalized spacial score (nSPS) is 25.6. The molecule has 0 heterocycles. The van der Waals surface area contributed by atoms with Crippen LogP contribution in [0.15, 0.2) is 0 Å². The summed E-state index contributed by atoms with van der Waals surface area (Å²) in [6.45, 7) is 7.30. The van der Waals surface area contributed by atoms with Gasteiger partial charge in [0, 0.05) is 6.04 Å². The van der Waals surface area contributed by atoms with Gasteiger partial charge in [-0.15, -0.1) is 0 Å². The lowest BCUT2D eigenvalue weighted by Gasteiger charge is -2.37. The van der Waals surface area contributed by atoms with Crippen molar-refractivity contribution in [1.29, 1.82) is 0 Å². The number of hydrogen-bond acceptors (Lipinski definition) is 3. The van der Waals surface area contributed by atoms with Crippen molar-refractivity contribution < 1.29 is 19.4 Å². The van der Waals surface area contributed by atoms with E-state index in [-0.39, 0.29) is 17.9 Å². The Bertz CT molecular complexity index is 302. The Labute approximate surface area is 102 Å². The van der Waals surface area contributed by atoms with Crippen molar-refractivity contribution in [3.8, 4) is 0 Å². The molecule has 2 N–H and O–H groups in total. The van der Waals surface area contributed by atoms with Crippen LogP contribution in [-0.2, 0) is 9.53 Å². The molecule has 5 nitrogen and oxygen atoms in total. The molecular weight excluding hydrogens is 222 g/mol. The van der Waals surface area contributed by atoms with Crippen LogP contribution < -0.4 is 5.32 Å². The number of carbonyl (C=O) groups is 2. The van der Waals surface area contributed by atoms with Crippen LogP contribution >= 0.6 is 0 Å². The smallest absolute Gasteiger partial charge is 0.407 e. The van der Waals surface area contributed by atoms with Gasteiger partial charge >= 0.3 is 12.1 Å². The van der Waals surface area contributed by atoms with Crippen LogP contribution in [0.1, 0.15) is 40.5 Å². The summed E-state index contributed by atoms with van der Waals surface area (Å²) in [6, 6.07) is -0.0413. The van der Waals surface area contributed by atoms with Crippen LogP contribution in [0.2, 0.25) is 0 Å². The molecule has 0 aromatic heterocycles. The van der Waals surface area contributed by atoms with E-state index in [0.717, 1.165) is 0 Å². The molecule has 98 valence electrons. The SMILES string of the molecule is CC(NC(=O)OC(C)(C)C)C1CC(C(=O)O)C1. The highest BCUT2D eigenvalue weighted by Crippen LogP contribution is 2.36. The molecule has 1 atom stereocenters. The van der Waals surface area contributed by atoms with Gasteiger partial charge in [-0.25, -0.2) is 4.79 Å². The molecule has 0 aromatic carbocycles. The summed E-state index contributed by atoms with van der Waals surface area (Å²) in [5.41, 5.74) is -0.507. The third-order valence-electron chi connectivity index (χ3n) is 2.98. The standard InChI is InChI=1S/C12H21NO4/c1-7(8-5-9(6-8)10(14)15)13-11(16)17-12(2,3)4/h7-9H,5-6H2,1-4H3,(H,13,16)(H,14,15). The quantitative estimate of drug-likeness (QED) is 0.795. The van der Waals surface area contributed by atoms with Crippen molar-refractivity contribution in [2.75, 3.05) is 0 Å². The number of carbonyl (C=O) groups excluding carboxylic acids is 1. The van der Waals surface area contributed by atoms with Gasteiger partial charge < -0.3 is 15.2 Å². The van der Waals surface area contributed by atoms with E-state index in [1.165, 1.54) is 0 Å². The highest BCUT2D eigenvalue weighted by molar-refractivity contribution is 5.71. The molecule has 0 radical (unpaired) electrons. The third-order valence-corrected chi connectivity index (χ3v) is 2.98. The zero-order valence-corrected chi connectivity index (χ0v) is 10.8. The number of nitrogens with one attached hydrogen (secondary N) is 1. The zero-order chi connectivity index (χ0) is 13.2. The maximum Gasteiger partial charge on any atom is 0.407 e. The molecule has 1 fully saturated rings. The number of ether oxygens (including phenoxy) is 1. The van der Waals surface area contributed by atoms with Crippen LogP contribution in [0.3, 0.4) is 0 Å². The lowest BCUT2D eigenvalue weighted by molar-refractivity contribution is -0.146. The molecule has 1 saturated carbocycles. The number of carboxylic acids is 1. The van der Waals surface area contributed by atoms with Gasteiger partial charge in [0.2, 0.25) is 0 Å². The second-order valence-corrected chi connectivity index (χ2v) is 5.70. The van der Waals surface area contributed by atoms with Crippen molar-refractivity contribution in [3.05, 3.63) is 0 Å². The van der Waals surface area contributed by atoms with Gasteiger partial charge in [-0.3, -0.25) is 4.79 Å². The van der Waals surface area contributed by atoms with E-state index in [9.17, 15) is 9.59 Å². The molecular formula is C12H21NO4. The summed E-state index contributed by atoms with van der Waals surface area (Å²) in [5, 5.41) is 11.5. The number of amides is 1. The van der Waals surface area contributed by atoms with Gasteiger partial charge in [-0.05, 0) is 46.5 Å². The fourth-order valence-corrected chi connectivity index (χ4v) is 1.88. The molecule has 0 bridgehead atoms. The highest BCUT2D eigenvalue weighted by atomic mass is 16.6. The van der Waals surface area contributed by atoms with Gasteiger partial charge in [-0.2, -0.15) is 0 Å². The minimum Gasteiger partial charge on any atom is -0.481 e. The fourth-order valence-electron chi connectivity index (χ4n) is 1.88. The van der Waals surface area contributed by atoms with Crippen molar-refractivity contribution in [3.63, 3.8) is 0 Å². The van der Waals surface area contributed by atoms with Gasteiger partial charge in [0.1, 0.15) is 5.60 Å². The Morgan fingerprint density at radius 1 is 1.35 bits per heavy atom. The molecule has 1 aliphatic carbocycles. The summed E-state index contributed by atoms with van der Waals surface area (Å²) < 4.78 is 5.14. The van der Waals surface area contributed by atoms with E-state index in [0.29, 0.717) is 12.8 Å². The van der Waals surface area contributed by atoms with Crippen LogP contribution in [0.5, 0.6) is 0 Å². The predicted molar refractivity (Wildman–Crippen MR) is 62.7 cm³/mol. The zero-order valence-electron chi connectivity index (χ0n) is 10.8. The first-order valence-electron chi connectivity index (χ1n) is 5.91. The Hall–Kier alpha value is -1.26. The fraction of sp³-hybridized carbons (Fsp3) is 0.833. The summed E-state index contributed by atoms with van der Waals surface area (Å²) in [6.07, 6.45) is 0.822. The van der Waals surface area contributed by atoms with Crippen molar-refractivity contribution in [2.24, 2.45) is 11.8 Å². The molecule has 0 spiro atoms. The van der Waals surface area contributed by atoms with E-state index >= 15 is 0 Å². The first kappa shape index (κ1) is 13.8. The van der Waals surface area contributed by atoms with Crippen LogP contribution in [0.4, 0.5) is 4.79 Å². The molecule has 1 amide bonds. The second kappa shape index (κ2) is 4.94. The first-order valence-corrected chi connectivity index (χ1v) is 5.91. The Morgan fingerprint density at radius 2 is 1.88 bits per heavy atom. The minimum atomic E-state index is -0.745. The third kappa shape index (κ3) is 4.24. The van der Waals surface area contributed by atoms with Gasteiger partial charge in [-0.1, -0.05) is 0 Å². The van der Waals surface area contributed by atoms with Crippen LogP contribution in [-0.4, -0.2) is 28.8 Å². The maximum absolute atomic E-state index is 11.5. The number of rotatable bonds is 3. The minimum absolute atomic E-state index is 0.0413. The monoisotopic (exact) mass is 243 g/mol. The highest BCUT2D eigenvalue weighted by Gasteiger charge is 2.38. The molecule has 0 saturated heterocycles. The summed E-state index contributed by atoms with van der Waals surface area (Å²) >= 11 is 0. The van der Waals surface area contributed by atoms with E-state index in [1.54, 1.807) is 20.8 Å². The summed E-state index contributed by atoms with van der Waals surface area (Å²) in [4.78, 5) is 22.1. The van der Waals surface area contributed by atoms with Gasteiger partial charge in [0.05, 0.1) is 5.92 Å². The number of carboxylic acid groups (broad SMARTS) is 1. The van der Waals surface area contributed by atoms with Crippen molar-refractivity contribution >= 4 is 12.1 Å². The lowest BCUT2D eigenvalue weighted by Crippen LogP contribution is -2.46. The Kier molecular flexibility index (Phi) is 4.01. The summed E-state index contributed by atoms with van der Waals surface area (Å²) in [7, 11) is 0.